The Morgan fingerprint density at radius 3 is 2.50 bits per heavy atom. The van der Waals surface area contributed by atoms with Gasteiger partial charge in [0.1, 0.15) is 0 Å². The molecule has 0 saturated carbocycles. The summed E-state index contributed by atoms with van der Waals surface area (Å²) < 4.78 is 5.85. The summed E-state index contributed by atoms with van der Waals surface area (Å²) in [6.07, 6.45) is 0. The van der Waals surface area contributed by atoms with Crippen molar-refractivity contribution in [3.63, 3.8) is 0 Å². The summed E-state index contributed by atoms with van der Waals surface area (Å²) in [5.74, 6) is -1.00. The number of nitrogens with one attached hydrogen (secondary N) is 1. The lowest BCUT2D eigenvalue weighted by Crippen LogP contribution is -2.28. The largest absolute Gasteiger partial charge is 0.452 e. The molecule has 0 heterocycles. The van der Waals surface area contributed by atoms with Gasteiger partial charge in [-0.1, -0.05) is 57.9 Å². The third kappa shape index (κ3) is 4.58. The topological polar surface area (TPSA) is 55.4 Å². The number of carbonyl (C=O) groups excluding carboxylic acids is 2. The summed E-state index contributed by atoms with van der Waals surface area (Å²) in [5.41, 5.74) is 1.18. The molecule has 22 heavy (non-hydrogen) atoms. The molecular formula is C16H13BrClNO3. The fraction of sp³-hybridized carbons (Fsp3) is 0.125. The van der Waals surface area contributed by atoms with Gasteiger partial charge in [0.25, 0.3) is 5.91 Å². The van der Waals surface area contributed by atoms with Crippen LogP contribution in [0.2, 0.25) is 5.02 Å². The van der Waals surface area contributed by atoms with Crippen LogP contribution in [0, 0.1) is 0 Å². The molecular weight excluding hydrogens is 370 g/mol. The molecule has 114 valence electrons. The van der Waals surface area contributed by atoms with E-state index in [9.17, 15) is 9.59 Å². The Morgan fingerprint density at radius 2 is 1.77 bits per heavy atom. The zero-order valence-corrected chi connectivity index (χ0v) is 13.9. The molecule has 0 fully saturated rings. The Labute approximate surface area is 141 Å². The summed E-state index contributed by atoms with van der Waals surface area (Å²) in [5, 5.41) is 2.97. The van der Waals surface area contributed by atoms with Crippen LogP contribution in [0.1, 0.15) is 15.9 Å². The summed E-state index contributed by atoms with van der Waals surface area (Å²) in [4.78, 5) is 23.5. The minimum absolute atomic E-state index is 0.239. The van der Waals surface area contributed by atoms with Crippen LogP contribution < -0.4 is 5.32 Å². The molecule has 1 amide bonds. The maximum atomic E-state index is 11.8. The van der Waals surface area contributed by atoms with Crippen LogP contribution in [-0.2, 0) is 16.1 Å². The van der Waals surface area contributed by atoms with E-state index in [1.165, 1.54) is 0 Å². The van der Waals surface area contributed by atoms with E-state index in [0.29, 0.717) is 11.6 Å². The normalized spacial score (nSPS) is 10.1. The van der Waals surface area contributed by atoms with Crippen LogP contribution in [0.3, 0.4) is 0 Å². The highest BCUT2D eigenvalue weighted by atomic mass is 79.9. The maximum absolute atomic E-state index is 11.8. The third-order valence-electron chi connectivity index (χ3n) is 2.86. The molecule has 2 rings (SSSR count). The Kier molecular flexibility index (Phi) is 5.98. The van der Waals surface area contributed by atoms with Gasteiger partial charge in [-0.25, -0.2) is 4.79 Å². The van der Waals surface area contributed by atoms with Crippen molar-refractivity contribution in [1.29, 1.82) is 0 Å². The summed E-state index contributed by atoms with van der Waals surface area (Å²) in [6.45, 7) is -0.00158. The lowest BCUT2D eigenvalue weighted by atomic mass is 10.2. The van der Waals surface area contributed by atoms with Gasteiger partial charge in [-0.05, 0) is 23.8 Å². The third-order valence-corrected chi connectivity index (χ3v) is 3.97. The molecule has 6 heteroatoms. The van der Waals surface area contributed by atoms with Gasteiger partial charge in [0.15, 0.2) is 6.61 Å². The number of carbonyl (C=O) groups is 2. The highest BCUT2D eigenvalue weighted by molar-refractivity contribution is 9.10. The number of esters is 1. The van der Waals surface area contributed by atoms with Crippen LogP contribution >= 0.6 is 27.5 Å². The van der Waals surface area contributed by atoms with E-state index in [4.69, 9.17) is 16.3 Å². The molecule has 2 aromatic rings. The van der Waals surface area contributed by atoms with Crippen molar-refractivity contribution in [3.8, 4) is 0 Å². The van der Waals surface area contributed by atoms with E-state index >= 15 is 0 Å². The van der Waals surface area contributed by atoms with E-state index in [0.717, 1.165) is 10.0 Å². The molecule has 0 aromatic heterocycles. The fourth-order valence-electron chi connectivity index (χ4n) is 1.72. The van der Waals surface area contributed by atoms with E-state index in [-0.39, 0.29) is 18.1 Å². The standard InChI is InChI=1S/C16H13BrClNO3/c17-13-7-3-1-5-11(13)9-19-15(20)10-22-16(21)12-6-2-4-8-14(12)18/h1-8H,9-10H2,(H,19,20). The Bertz CT molecular complexity index is 691. The van der Waals surface area contributed by atoms with Crippen molar-refractivity contribution in [2.75, 3.05) is 6.61 Å². The molecule has 4 nitrogen and oxygen atoms in total. The van der Waals surface area contributed by atoms with Gasteiger partial charge in [-0.15, -0.1) is 0 Å². The average molecular weight is 383 g/mol. The second-order valence-electron chi connectivity index (χ2n) is 4.42. The van der Waals surface area contributed by atoms with Crippen molar-refractivity contribution in [2.45, 2.75) is 6.54 Å². The molecule has 0 aliphatic rings. The first-order valence-corrected chi connectivity index (χ1v) is 7.67. The predicted octanol–water partition coefficient (Wildman–Crippen LogP) is 3.58. The Hall–Kier alpha value is -1.85. The number of amides is 1. The minimum Gasteiger partial charge on any atom is -0.452 e. The maximum Gasteiger partial charge on any atom is 0.340 e. The first kappa shape index (κ1) is 16.5. The lowest BCUT2D eigenvalue weighted by Gasteiger charge is -2.08. The molecule has 1 N–H and O–H groups in total. The summed E-state index contributed by atoms with van der Waals surface area (Å²) in [6, 6.07) is 14.1. The molecule has 0 aliphatic carbocycles. The number of benzene rings is 2. The second-order valence-corrected chi connectivity index (χ2v) is 5.69. The van der Waals surface area contributed by atoms with Gasteiger partial charge in [-0.2, -0.15) is 0 Å². The first-order chi connectivity index (χ1) is 10.6. The smallest absolute Gasteiger partial charge is 0.340 e. The van der Waals surface area contributed by atoms with Crippen molar-refractivity contribution < 1.29 is 14.3 Å². The Balaban J connectivity index is 1.82. The van der Waals surface area contributed by atoms with Crippen LogP contribution in [-0.4, -0.2) is 18.5 Å². The number of rotatable bonds is 5. The summed E-state index contributed by atoms with van der Waals surface area (Å²) in [7, 11) is 0. The van der Waals surface area contributed by atoms with Gasteiger partial charge in [0, 0.05) is 11.0 Å². The van der Waals surface area contributed by atoms with Crippen LogP contribution in [0.25, 0.3) is 0 Å². The SMILES string of the molecule is O=C(COC(=O)c1ccccc1Cl)NCc1ccccc1Br. The zero-order valence-electron chi connectivity index (χ0n) is 11.5. The van der Waals surface area contributed by atoms with Gasteiger partial charge in [0.05, 0.1) is 10.6 Å². The van der Waals surface area contributed by atoms with Gasteiger partial charge < -0.3 is 10.1 Å². The van der Waals surface area contributed by atoms with Crippen molar-refractivity contribution in [1.82, 2.24) is 5.32 Å². The highest BCUT2D eigenvalue weighted by Crippen LogP contribution is 2.16. The minimum atomic E-state index is -0.623. The van der Waals surface area contributed by atoms with E-state index in [1.54, 1.807) is 24.3 Å². The summed E-state index contributed by atoms with van der Waals surface area (Å²) >= 11 is 9.28. The highest BCUT2D eigenvalue weighted by Gasteiger charge is 2.13. The molecule has 0 aliphatic heterocycles. The van der Waals surface area contributed by atoms with E-state index < -0.39 is 5.97 Å². The molecule has 0 radical (unpaired) electrons. The molecule has 0 saturated heterocycles. The Morgan fingerprint density at radius 1 is 1.09 bits per heavy atom. The van der Waals surface area contributed by atoms with Crippen molar-refractivity contribution >= 4 is 39.4 Å². The predicted molar refractivity (Wildman–Crippen MR) is 87.7 cm³/mol. The number of hydrogen-bond acceptors (Lipinski definition) is 3. The number of ether oxygens (including phenoxy) is 1. The van der Waals surface area contributed by atoms with Crippen LogP contribution in [0.15, 0.2) is 53.0 Å². The van der Waals surface area contributed by atoms with Crippen molar-refractivity contribution in [2.24, 2.45) is 0 Å². The van der Waals surface area contributed by atoms with Gasteiger partial charge in [0.2, 0.25) is 0 Å². The molecule has 0 spiro atoms. The quantitative estimate of drug-likeness (QED) is 0.804. The number of hydrogen-bond donors (Lipinski definition) is 1. The first-order valence-electron chi connectivity index (χ1n) is 6.49. The molecule has 0 atom stereocenters. The van der Waals surface area contributed by atoms with Crippen LogP contribution in [0.5, 0.6) is 0 Å². The lowest BCUT2D eigenvalue weighted by molar-refractivity contribution is -0.124. The number of halogens is 2. The fourth-order valence-corrected chi connectivity index (χ4v) is 2.36. The monoisotopic (exact) mass is 381 g/mol. The average Bonchev–Trinajstić information content (AvgIpc) is 2.52. The molecule has 0 bridgehead atoms. The molecule has 0 unspecified atom stereocenters. The van der Waals surface area contributed by atoms with Crippen LogP contribution in [0.4, 0.5) is 0 Å². The van der Waals surface area contributed by atoms with Gasteiger partial charge >= 0.3 is 5.97 Å². The zero-order chi connectivity index (χ0) is 15.9. The van der Waals surface area contributed by atoms with Gasteiger partial charge in [-0.3, -0.25) is 4.79 Å². The van der Waals surface area contributed by atoms with Crippen molar-refractivity contribution in [3.05, 3.63) is 69.2 Å². The second kappa shape index (κ2) is 7.96. The van der Waals surface area contributed by atoms with E-state index in [1.807, 2.05) is 24.3 Å². The van der Waals surface area contributed by atoms with E-state index in [2.05, 4.69) is 21.2 Å². The molecule has 2 aromatic carbocycles.